The van der Waals surface area contributed by atoms with Crippen molar-refractivity contribution >= 4 is 0 Å². The lowest BCUT2D eigenvalue weighted by Gasteiger charge is -2.05. The van der Waals surface area contributed by atoms with Crippen LogP contribution >= 0.6 is 0 Å². The third-order valence-electron chi connectivity index (χ3n) is 3.09. The molecule has 5 nitrogen and oxygen atoms in total. The van der Waals surface area contributed by atoms with Gasteiger partial charge in [0.25, 0.3) is 0 Å². The molecule has 0 bridgehead atoms. The monoisotopic (exact) mass is 261 g/mol. The molecule has 2 rings (SSSR count). The molecular weight excluding hydrogens is 238 g/mol. The van der Waals surface area contributed by atoms with E-state index in [4.69, 9.17) is 0 Å². The molecule has 0 aliphatic rings. The second-order valence-electron chi connectivity index (χ2n) is 5.33. The van der Waals surface area contributed by atoms with Crippen molar-refractivity contribution in [1.82, 2.24) is 24.9 Å². The Morgan fingerprint density at radius 1 is 1.32 bits per heavy atom. The largest absolute Gasteiger partial charge is 0.312 e. The average molecular weight is 261 g/mol. The van der Waals surface area contributed by atoms with Gasteiger partial charge >= 0.3 is 0 Å². The molecule has 104 valence electrons. The molecule has 0 saturated heterocycles. The van der Waals surface area contributed by atoms with E-state index in [2.05, 4.69) is 41.6 Å². The first kappa shape index (κ1) is 13.8. The zero-order valence-electron chi connectivity index (χ0n) is 12.0. The van der Waals surface area contributed by atoms with E-state index in [9.17, 15) is 0 Å². The van der Waals surface area contributed by atoms with Crippen molar-refractivity contribution in [1.29, 1.82) is 0 Å². The lowest BCUT2D eigenvalue weighted by molar-refractivity contribution is 0.551. The Morgan fingerprint density at radius 2 is 2.16 bits per heavy atom. The van der Waals surface area contributed by atoms with Crippen LogP contribution in [-0.4, -0.2) is 26.1 Å². The second kappa shape index (κ2) is 6.52. The van der Waals surface area contributed by atoms with Gasteiger partial charge in [0.2, 0.25) is 0 Å². The lowest BCUT2D eigenvalue weighted by Crippen LogP contribution is -2.18. The predicted octanol–water partition coefficient (Wildman–Crippen LogP) is 1.60. The van der Waals surface area contributed by atoms with Crippen LogP contribution in [0.5, 0.6) is 0 Å². The van der Waals surface area contributed by atoms with Gasteiger partial charge in [0, 0.05) is 50.2 Å². The number of hydrogen-bond acceptors (Lipinski definition) is 3. The minimum Gasteiger partial charge on any atom is -0.312 e. The Morgan fingerprint density at radius 3 is 2.84 bits per heavy atom. The Kier molecular flexibility index (Phi) is 4.74. The minimum absolute atomic E-state index is 0.680. The average Bonchev–Trinajstić information content (AvgIpc) is 2.95. The van der Waals surface area contributed by atoms with Gasteiger partial charge < -0.3 is 5.32 Å². The summed E-state index contributed by atoms with van der Waals surface area (Å²) in [4.78, 5) is 0. The molecule has 0 fully saturated rings. The van der Waals surface area contributed by atoms with E-state index in [0.29, 0.717) is 5.92 Å². The highest BCUT2D eigenvalue weighted by Crippen LogP contribution is 2.02. The summed E-state index contributed by atoms with van der Waals surface area (Å²) in [6.07, 6.45) is 6.84. The Labute approximate surface area is 114 Å². The fourth-order valence-electron chi connectivity index (χ4n) is 2.00. The first-order chi connectivity index (χ1) is 9.15. The molecule has 5 heteroatoms. The number of nitrogens with zero attached hydrogens (tertiary/aromatic N) is 4. The Bertz CT molecular complexity index is 497. The van der Waals surface area contributed by atoms with Gasteiger partial charge in [0.05, 0.1) is 6.20 Å². The van der Waals surface area contributed by atoms with E-state index in [1.165, 1.54) is 11.3 Å². The second-order valence-corrected chi connectivity index (χ2v) is 5.33. The summed E-state index contributed by atoms with van der Waals surface area (Å²) < 4.78 is 3.91. The highest BCUT2D eigenvalue weighted by Gasteiger charge is 2.02. The number of aromatic nitrogens is 4. The molecule has 1 N–H and O–H groups in total. The quantitative estimate of drug-likeness (QED) is 0.823. The van der Waals surface area contributed by atoms with Crippen molar-refractivity contribution in [2.45, 2.75) is 33.4 Å². The maximum absolute atomic E-state index is 4.39. The molecule has 0 spiro atoms. The van der Waals surface area contributed by atoms with E-state index < -0.39 is 0 Å². The lowest BCUT2D eigenvalue weighted by atomic mass is 10.2. The van der Waals surface area contributed by atoms with Gasteiger partial charge in [-0.3, -0.25) is 9.36 Å². The van der Waals surface area contributed by atoms with Gasteiger partial charge in [-0.05, 0) is 18.5 Å². The maximum Gasteiger partial charge on any atom is 0.0534 e. The van der Waals surface area contributed by atoms with E-state index in [-0.39, 0.29) is 0 Å². The van der Waals surface area contributed by atoms with Crippen molar-refractivity contribution in [2.24, 2.45) is 13.0 Å². The molecule has 0 atom stereocenters. The van der Waals surface area contributed by atoms with Crippen LogP contribution in [0.2, 0.25) is 0 Å². The van der Waals surface area contributed by atoms with Crippen molar-refractivity contribution in [3.8, 4) is 0 Å². The highest BCUT2D eigenvalue weighted by atomic mass is 15.3. The van der Waals surface area contributed by atoms with Crippen LogP contribution < -0.4 is 5.32 Å². The fraction of sp³-hybridized carbons (Fsp3) is 0.571. The molecule has 0 saturated carbocycles. The van der Waals surface area contributed by atoms with E-state index >= 15 is 0 Å². The molecule has 0 amide bonds. The zero-order chi connectivity index (χ0) is 13.7. The number of nitrogens with one attached hydrogen (secondary N) is 1. The number of hydrogen-bond donors (Lipinski definition) is 1. The molecular formula is C14H23N5. The van der Waals surface area contributed by atoms with Crippen molar-refractivity contribution in [3.63, 3.8) is 0 Å². The highest BCUT2D eigenvalue weighted by molar-refractivity contribution is 5.04. The van der Waals surface area contributed by atoms with Crippen molar-refractivity contribution in [3.05, 3.63) is 35.9 Å². The summed E-state index contributed by atoms with van der Waals surface area (Å²) >= 11 is 0. The minimum atomic E-state index is 0.680. The molecule has 0 aliphatic heterocycles. The third kappa shape index (κ3) is 4.21. The molecule has 0 aromatic carbocycles. The van der Waals surface area contributed by atoms with Crippen molar-refractivity contribution in [2.75, 3.05) is 6.54 Å². The molecule has 2 aromatic heterocycles. The van der Waals surface area contributed by atoms with E-state index in [1.54, 1.807) is 0 Å². The molecule has 2 heterocycles. The molecule has 0 unspecified atom stereocenters. The van der Waals surface area contributed by atoms with Gasteiger partial charge in [0.15, 0.2) is 0 Å². The summed E-state index contributed by atoms with van der Waals surface area (Å²) in [5.41, 5.74) is 2.47. The Balaban J connectivity index is 1.79. The predicted molar refractivity (Wildman–Crippen MR) is 75.7 cm³/mol. The van der Waals surface area contributed by atoms with Gasteiger partial charge in [-0.25, -0.2) is 0 Å². The van der Waals surface area contributed by atoms with Crippen LogP contribution in [0.4, 0.5) is 0 Å². The van der Waals surface area contributed by atoms with Gasteiger partial charge in [-0.1, -0.05) is 13.8 Å². The molecule has 0 aliphatic carbocycles. The van der Waals surface area contributed by atoms with Crippen LogP contribution in [0.15, 0.2) is 24.7 Å². The zero-order valence-corrected chi connectivity index (χ0v) is 12.0. The summed E-state index contributed by atoms with van der Waals surface area (Å²) in [6.45, 7) is 7.25. The topological polar surface area (TPSA) is 47.7 Å². The van der Waals surface area contributed by atoms with Crippen LogP contribution in [0.3, 0.4) is 0 Å². The molecule has 2 aromatic rings. The molecule has 0 radical (unpaired) electrons. The number of rotatable bonds is 7. The summed E-state index contributed by atoms with van der Waals surface area (Å²) in [5.74, 6) is 0.680. The van der Waals surface area contributed by atoms with Crippen LogP contribution in [0, 0.1) is 5.92 Å². The van der Waals surface area contributed by atoms with Crippen LogP contribution in [0.1, 0.15) is 25.1 Å². The fourth-order valence-corrected chi connectivity index (χ4v) is 2.00. The van der Waals surface area contributed by atoms with Gasteiger partial charge in [-0.15, -0.1) is 0 Å². The van der Waals surface area contributed by atoms with E-state index in [0.717, 1.165) is 26.1 Å². The normalized spacial score (nSPS) is 11.4. The standard InChI is InChI=1S/C14H23N5/c1-12(2)8-15-9-13-10-17-19(11-13)7-5-14-4-6-16-18(14)3/h4,6,10-12,15H,5,7-9H2,1-3H3. The number of aryl methyl sites for hydroxylation is 3. The molecule has 19 heavy (non-hydrogen) atoms. The smallest absolute Gasteiger partial charge is 0.0534 e. The van der Waals surface area contributed by atoms with Crippen LogP contribution in [-0.2, 0) is 26.6 Å². The summed E-state index contributed by atoms with van der Waals surface area (Å²) in [6, 6.07) is 2.05. The first-order valence-corrected chi connectivity index (χ1v) is 6.84. The van der Waals surface area contributed by atoms with Gasteiger partial charge in [-0.2, -0.15) is 10.2 Å². The Hall–Kier alpha value is -1.62. The summed E-state index contributed by atoms with van der Waals surface area (Å²) in [7, 11) is 1.97. The van der Waals surface area contributed by atoms with E-state index in [1.807, 2.05) is 28.8 Å². The summed E-state index contributed by atoms with van der Waals surface area (Å²) in [5, 5.41) is 12.0. The SMILES string of the molecule is CC(C)CNCc1cnn(CCc2ccnn2C)c1. The third-order valence-corrected chi connectivity index (χ3v) is 3.09. The van der Waals surface area contributed by atoms with Crippen LogP contribution in [0.25, 0.3) is 0 Å². The first-order valence-electron chi connectivity index (χ1n) is 6.84. The van der Waals surface area contributed by atoms with Crippen molar-refractivity contribution < 1.29 is 0 Å². The maximum atomic E-state index is 4.39. The van der Waals surface area contributed by atoms with Gasteiger partial charge in [0.1, 0.15) is 0 Å².